The molecule has 0 spiro atoms. The van der Waals surface area contributed by atoms with Crippen LogP contribution in [0, 0.1) is 0 Å². The van der Waals surface area contributed by atoms with Crippen molar-refractivity contribution in [3.8, 4) is 0 Å². The molecule has 0 radical (unpaired) electrons. The summed E-state index contributed by atoms with van der Waals surface area (Å²) in [6.45, 7) is 17.9. The molecule has 0 saturated carbocycles. The summed E-state index contributed by atoms with van der Waals surface area (Å²) in [7, 11) is -5.16. The second-order valence-electron chi connectivity index (χ2n) is 13.2. The minimum absolute atomic E-state index is 0.293. The van der Waals surface area contributed by atoms with Crippen molar-refractivity contribution in [2.24, 2.45) is 0 Å². The smallest absolute Gasteiger partial charge is 0.182 e. The molecule has 0 aliphatic carbocycles. The van der Waals surface area contributed by atoms with Gasteiger partial charge in [0.05, 0.1) is 23.7 Å². The van der Waals surface area contributed by atoms with Crippen LogP contribution in [0.4, 0.5) is 0 Å². The van der Waals surface area contributed by atoms with Gasteiger partial charge in [0.15, 0.2) is 0 Å². The predicted octanol–water partition coefficient (Wildman–Crippen LogP) is 7.94. The van der Waals surface area contributed by atoms with Gasteiger partial charge in [-0.05, 0) is 124 Å². The molecular formula is C23H60N2PS4+. The summed E-state index contributed by atoms with van der Waals surface area (Å²) >= 11 is 0. The van der Waals surface area contributed by atoms with E-state index in [0.29, 0.717) is 22.4 Å². The van der Waals surface area contributed by atoms with E-state index in [4.69, 9.17) is 0 Å². The van der Waals surface area contributed by atoms with Gasteiger partial charge in [-0.1, -0.05) is 0 Å². The highest BCUT2D eigenvalue weighted by atomic mass is 32.3. The van der Waals surface area contributed by atoms with Gasteiger partial charge in [-0.2, -0.15) is 48.3 Å². The highest BCUT2D eigenvalue weighted by molar-refractivity contribution is 8.45. The molecule has 0 aliphatic rings. The van der Waals surface area contributed by atoms with Crippen LogP contribution < -0.4 is 0 Å². The zero-order chi connectivity index (χ0) is 24.9. The van der Waals surface area contributed by atoms with Crippen molar-refractivity contribution in [1.29, 1.82) is 0 Å². The van der Waals surface area contributed by atoms with Crippen LogP contribution in [-0.2, 0) is 0 Å². The molecule has 0 atom stereocenters. The third-order valence-electron chi connectivity index (χ3n) is 5.79. The van der Waals surface area contributed by atoms with Gasteiger partial charge in [0.25, 0.3) is 0 Å². The fourth-order valence-corrected chi connectivity index (χ4v) is 31.4. The minimum atomic E-state index is -1.50. The predicted molar refractivity (Wildman–Crippen MR) is 166 cm³/mol. The monoisotopic (exact) mass is 523 g/mol. The molecule has 0 aliphatic heterocycles. The first-order valence-corrected chi connectivity index (χ1v) is 24.2. The summed E-state index contributed by atoms with van der Waals surface area (Å²) < 4.78 is 6.21. The molecule has 7 heteroatoms. The van der Waals surface area contributed by atoms with E-state index in [1.807, 2.05) is 0 Å². The van der Waals surface area contributed by atoms with Crippen LogP contribution in [0.1, 0.15) is 48.5 Å². The summed E-state index contributed by atoms with van der Waals surface area (Å²) in [6.07, 6.45) is 30.6. The molecule has 0 rings (SSSR count). The second-order valence-corrected chi connectivity index (χ2v) is 35.0. The van der Waals surface area contributed by atoms with Crippen LogP contribution in [0.15, 0.2) is 0 Å². The molecule has 0 saturated heterocycles. The van der Waals surface area contributed by atoms with Crippen molar-refractivity contribution in [2.75, 3.05) is 75.1 Å². The van der Waals surface area contributed by atoms with Crippen LogP contribution >= 0.6 is 48.1 Å². The SMILES string of the molecule is CC(C)[P+](C(C)C)(C(N(S(C)(C)C)S(C)(C)C)N(S(C)(C)C)S(C)(C)C)C(C)(C)C. The van der Waals surface area contributed by atoms with E-state index in [1.54, 1.807) is 0 Å². The van der Waals surface area contributed by atoms with Gasteiger partial charge in [-0.15, -0.1) is 0 Å². The molecule has 190 valence electrons. The largest absolute Gasteiger partial charge is 0.209 e. The van der Waals surface area contributed by atoms with E-state index in [9.17, 15) is 0 Å². The lowest BCUT2D eigenvalue weighted by atomic mass is 10.2. The molecule has 0 aromatic rings. The van der Waals surface area contributed by atoms with Gasteiger partial charge in [0.2, 0.25) is 5.91 Å². The van der Waals surface area contributed by atoms with E-state index < -0.39 is 48.1 Å². The second kappa shape index (κ2) is 9.78. The third-order valence-corrected chi connectivity index (χ3v) is 23.9. The van der Waals surface area contributed by atoms with Crippen LogP contribution in [0.3, 0.4) is 0 Å². The summed E-state index contributed by atoms with van der Waals surface area (Å²) in [5, 5.41) is 0.293. The number of nitrogens with zero attached hydrogens (tertiary/aromatic N) is 2. The quantitative estimate of drug-likeness (QED) is 0.223. The lowest BCUT2D eigenvalue weighted by Gasteiger charge is -2.67. The lowest BCUT2D eigenvalue weighted by Crippen LogP contribution is -2.56. The fraction of sp³-hybridized carbons (Fsp3) is 1.00. The number of hydrogen-bond acceptors (Lipinski definition) is 2. The van der Waals surface area contributed by atoms with Crippen molar-refractivity contribution in [3.05, 3.63) is 0 Å². The lowest BCUT2D eigenvalue weighted by molar-refractivity contribution is 0.481. The van der Waals surface area contributed by atoms with Gasteiger partial charge in [0, 0.05) is 0 Å². The first kappa shape index (κ1) is 31.8. The Morgan fingerprint density at radius 2 is 0.700 bits per heavy atom. The van der Waals surface area contributed by atoms with E-state index >= 15 is 0 Å². The molecule has 0 heterocycles. The Morgan fingerprint density at radius 1 is 0.500 bits per heavy atom. The van der Waals surface area contributed by atoms with Crippen LogP contribution in [0.2, 0.25) is 0 Å². The Labute approximate surface area is 200 Å². The van der Waals surface area contributed by atoms with Crippen molar-refractivity contribution in [1.82, 2.24) is 7.42 Å². The molecule has 2 nitrogen and oxygen atoms in total. The molecule has 30 heavy (non-hydrogen) atoms. The van der Waals surface area contributed by atoms with Crippen LogP contribution in [0.5, 0.6) is 0 Å². The van der Waals surface area contributed by atoms with Gasteiger partial charge in [-0.3, -0.25) is 0 Å². The Morgan fingerprint density at radius 3 is 0.800 bits per heavy atom. The number of rotatable bonds is 9. The molecule has 0 amide bonds. The van der Waals surface area contributed by atoms with Gasteiger partial charge in [-0.25, -0.2) is 0 Å². The third kappa shape index (κ3) is 6.66. The van der Waals surface area contributed by atoms with E-state index in [1.165, 1.54) is 0 Å². The highest BCUT2D eigenvalue weighted by Gasteiger charge is 2.66. The Bertz CT molecular complexity index is 490. The van der Waals surface area contributed by atoms with E-state index in [0.717, 1.165) is 0 Å². The van der Waals surface area contributed by atoms with E-state index in [-0.39, 0.29) is 0 Å². The van der Waals surface area contributed by atoms with Crippen molar-refractivity contribution in [2.45, 2.75) is 70.8 Å². The van der Waals surface area contributed by atoms with Gasteiger partial charge < -0.3 is 0 Å². The van der Waals surface area contributed by atoms with Crippen molar-refractivity contribution in [3.63, 3.8) is 0 Å². The molecule has 0 fully saturated rings. The fourth-order valence-electron chi connectivity index (χ4n) is 5.89. The average Bonchev–Trinajstić information content (AvgIpc) is 2.27. The van der Waals surface area contributed by atoms with Crippen LogP contribution in [-0.4, -0.2) is 105 Å². The molecule has 0 N–H and O–H groups in total. The Hall–Kier alpha value is 1.75. The highest BCUT2D eigenvalue weighted by Crippen LogP contribution is 2.85. The maximum Gasteiger partial charge on any atom is 0.209 e. The zero-order valence-electron chi connectivity index (χ0n) is 24.2. The maximum absolute atomic E-state index is 3.11. The Balaban J connectivity index is 7.83. The standard InChI is InChI=1S/C23H60N2PS4/c1-20(2)26(21(3)4,23(5,6)7)22(24(27(8,9)10)28(11,12)13)25(29(14,15)16)30(17,18)19/h20-22H,1-19H3/q+1. The van der Waals surface area contributed by atoms with E-state index in [2.05, 4.69) is 131 Å². The average molecular weight is 524 g/mol. The first-order valence-electron chi connectivity index (χ1n) is 11.0. The number of hydrogen-bond donors (Lipinski definition) is 0. The maximum atomic E-state index is 3.11. The van der Waals surface area contributed by atoms with Crippen molar-refractivity contribution >= 4 is 48.1 Å². The molecule has 0 aromatic carbocycles. The summed E-state index contributed by atoms with van der Waals surface area (Å²) in [5.41, 5.74) is 1.39. The summed E-state index contributed by atoms with van der Waals surface area (Å²) in [6, 6.07) is 0. The Kier molecular flexibility index (Phi) is 10.4. The van der Waals surface area contributed by atoms with Gasteiger partial charge in [0.1, 0.15) is 0 Å². The molecule has 0 bridgehead atoms. The summed E-state index contributed by atoms with van der Waals surface area (Å²) in [4.78, 5) is 0. The van der Waals surface area contributed by atoms with Crippen LogP contribution in [0.25, 0.3) is 0 Å². The first-order chi connectivity index (χ1) is 12.7. The van der Waals surface area contributed by atoms with Gasteiger partial charge >= 0.3 is 0 Å². The molecule has 0 aromatic heterocycles. The minimum Gasteiger partial charge on any atom is -0.182 e. The molecular weight excluding hydrogens is 464 g/mol. The zero-order valence-corrected chi connectivity index (χ0v) is 28.4. The topological polar surface area (TPSA) is 6.48 Å². The summed E-state index contributed by atoms with van der Waals surface area (Å²) in [5.74, 6) is 0.535. The molecule has 0 unspecified atom stereocenters. The van der Waals surface area contributed by atoms with Crippen molar-refractivity contribution < 1.29 is 0 Å². The normalized spacial score (nSPS) is 18.1.